The van der Waals surface area contributed by atoms with Crippen molar-refractivity contribution in [3.63, 3.8) is 0 Å². The third-order valence-electron chi connectivity index (χ3n) is 15.8. The minimum atomic E-state index is -0.945. The summed E-state index contributed by atoms with van der Waals surface area (Å²) >= 11 is 0. The van der Waals surface area contributed by atoms with E-state index in [0.29, 0.717) is 36.4 Å². The highest BCUT2D eigenvalue weighted by Gasteiger charge is 2.86. The van der Waals surface area contributed by atoms with Gasteiger partial charge in [0, 0.05) is 25.4 Å². The number of epoxide rings is 1. The molecule has 2 unspecified atom stereocenters. The van der Waals surface area contributed by atoms with Gasteiger partial charge in [0.2, 0.25) is 12.1 Å². The second kappa shape index (κ2) is 9.94. The summed E-state index contributed by atoms with van der Waals surface area (Å²) < 4.78 is 38.0. The predicted molar refractivity (Wildman–Crippen MR) is 169 cm³/mol. The molecule has 0 aromatic heterocycles. The Morgan fingerprint density at radius 2 is 1.63 bits per heavy atom. The minimum Gasteiger partial charge on any atom is -0.462 e. The van der Waals surface area contributed by atoms with Crippen molar-refractivity contribution in [3.05, 3.63) is 0 Å². The largest absolute Gasteiger partial charge is 0.462 e. The molecule has 0 aromatic carbocycles. The lowest BCUT2D eigenvalue weighted by Gasteiger charge is -2.64. The Labute approximate surface area is 275 Å². The van der Waals surface area contributed by atoms with Gasteiger partial charge in [-0.3, -0.25) is 9.59 Å². The fourth-order valence-corrected chi connectivity index (χ4v) is 14.1. The van der Waals surface area contributed by atoms with Crippen LogP contribution in [0.3, 0.4) is 0 Å². The van der Waals surface area contributed by atoms with Crippen LogP contribution < -0.4 is 0 Å². The molecule has 3 aliphatic heterocycles. The number of fused-ring (bicyclic) bond motifs is 6. The van der Waals surface area contributed by atoms with Crippen molar-refractivity contribution in [1.82, 2.24) is 0 Å². The van der Waals surface area contributed by atoms with Gasteiger partial charge >= 0.3 is 11.9 Å². The summed E-state index contributed by atoms with van der Waals surface area (Å²) in [6, 6.07) is 0. The van der Waals surface area contributed by atoms with E-state index in [1.165, 1.54) is 38.5 Å². The van der Waals surface area contributed by atoms with Gasteiger partial charge in [0.05, 0.1) is 19.1 Å². The third kappa shape index (κ3) is 3.93. The Bertz CT molecular complexity index is 1300. The van der Waals surface area contributed by atoms with Gasteiger partial charge in [0.1, 0.15) is 12.2 Å². The molecular formula is C38H58O8. The second-order valence-electron chi connectivity index (χ2n) is 18.4. The van der Waals surface area contributed by atoms with E-state index in [4.69, 9.17) is 28.4 Å². The molecule has 258 valence electrons. The van der Waals surface area contributed by atoms with E-state index in [2.05, 4.69) is 34.6 Å². The van der Waals surface area contributed by atoms with Crippen molar-refractivity contribution in [3.8, 4) is 0 Å². The van der Waals surface area contributed by atoms with Crippen molar-refractivity contribution < 1.29 is 38.0 Å². The molecule has 3 spiro atoms. The molecule has 8 aliphatic rings. The Kier molecular flexibility index (Phi) is 6.92. The highest BCUT2D eigenvalue weighted by atomic mass is 16.9. The number of carbonyl (C=O) groups is 2. The summed E-state index contributed by atoms with van der Waals surface area (Å²) in [7, 11) is 0. The third-order valence-corrected chi connectivity index (χ3v) is 15.8. The van der Waals surface area contributed by atoms with Gasteiger partial charge in [-0.25, -0.2) is 0 Å². The van der Waals surface area contributed by atoms with Crippen molar-refractivity contribution in [2.24, 2.45) is 50.7 Å². The van der Waals surface area contributed by atoms with Crippen LogP contribution in [0.25, 0.3) is 0 Å². The van der Waals surface area contributed by atoms with Gasteiger partial charge in [-0.05, 0) is 104 Å². The molecule has 8 fully saturated rings. The van der Waals surface area contributed by atoms with Crippen LogP contribution in [0.15, 0.2) is 0 Å². The lowest BCUT2D eigenvalue weighted by Crippen LogP contribution is -2.63. The summed E-state index contributed by atoms with van der Waals surface area (Å²) in [6.45, 7) is 18.9. The fourth-order valence-electron chi connectivity index (χ4n) is 14.1. The van der Waals surface area contributed by atoms with Crippen LogP contribution in [-0.4, -0.2) is 61.1 Å². The fraction of sp³-hybridized carbons (Fsp3) is 0.947. The molecule has 5 aliphatic carbocycles. The predicted octanol–water partition coefficient (Wildman–Crippen LogP) is 6.96. The first-order valence-corrected chi connectivity index (χ1v) is 18.6. The molecule has 3 saturated heterocycles. The summed E-state index contributed by atoms with van der Waals surface area (Å²) in [5.41, 5.74) is 0.0586. The quantitative estimate of drug-likeness (QED) is 0.167. The highest BCUT2D eigenvalue weighted by Crippen LogP contribution is 2.89. The summed E-state index contributed by atoms with van der Waals surface area (Å²) in [5, 5.41) is 0. The van der Waals surface area contributed by atoms with Crippen LogP contribution in [-0.2, 0) is 38.0 Å². The van der Waals surface area contributed by atoms with Crippen LogP contribution in [0.4, 0.5) is 0 Å². The maximum Gasteiger partial charge on any atom is 0.310 e. The van der Waals surface area contributed by atoms with E-state index in [1.54, 1.807) is 6.92 Å². The van der Waals surface area contributed by atoms with E-state index >= 15 is 0 Å². The van der Waals surface area contributed by atoms with Gasteiger partial charge in [0.25, 0.3) is 0 Å². The first-order chi connectivity index (χ1) is 21.6. The van der Waals surface area contributed by atoms with Crippen molar-refractivity contribution in [2.45, 2.75) is 162 Å². The van der Waals surface area contributed by atoms with Crippen LogP contribution in [0.5, 0.6) is 0 Å². The molecular weight excluding hydrogens is 584 g/mol. The normalized spacial score (nSPS) is 55.2. The Balaban J connectivity index is 1.08. The zero-order valence-electron chi connectivity index (χ0n) is 29.6. The zero-order chi connectivity index (χ0) is 32.7. The standard InChI is InChI=1S/C38H58O8/c1-9-16-41-17-13-28(40)43-31-35(8)30(45-35)38(46-31)18-22(2)29-24(44-38)19-33(6)26-12-11-25-32(4,5)14-10-15-36(25)21-37(26,36)20-27(34(29,33)7)42-23(3)39/h22,24-27,29-31H,9-21H2,1-8H3/t22-,24+,25+,26?,27-,29+,30-,31?,33+,34-,35+,36-,37+,38-/m1/s1. The number of carbonyl (C=O) groups excluding carboxylic acids is 2. The SMILES string of the molecule is CCCOCCC(=O)OC1O[C@]2(C[C@@H](C)[C@H]3[C@H](C[C@@]4(C)C5CC[C@H]6C(C)(C)CCC[C@@]67C[C@@]57C[C@@H](OC(C)=O)[C@]34C)O2)[C@@H]2O[C@]12C. The first kappa shape index (κ1) is 32.0. The molecule has 8 rings (SSSR count). The van der Waals surface area contributed by atoms with Gasteiger partial charge in [-0.1, -0.05) is 48.0 Å². The van der Waals surface area contributed by atoms with E-state index in [-0.39, 0.29) is 64.8 Å². The molecule has 0 bridgehead atoms. The Hall–Kier alpha value is -1.22. The molecule has 0 aromatic rings. The molecule has 5 saturated carbocycles. The monoisotopic (exact) mass is 642 g/mol. The van der Waals surface area contributed by atoms with Gasteiger partial charge in [0.15, 0.2) is 5.60 Å². The lowest BCUT2D eigenvalue weighted by molar-refractivity contribution is -0.347. The number of rotatable bonds is 7. The highest BCUT2D eigenvalue weighted by molar-refractivity contribution is 5.69. The topological polar surface area (TPSA) is 92.8 Å². The summed E-state index contributed by atoms with van der Waals surface area (Å²) in [5.74, 6) is 0.385. The molecule has 3 heterocycles. The number of esters is 2. The maximum atomic E-state index is 12.8. The first-order valence-electron chi connectivity index (χ1n) is 18.6. The van der Waals surface area contributed by atoms with Crippen LogP contribution in [0.1, 0.15) is 126 Å². The average molecular weight is 643 g/mol. The molecule has 0 amide bonds. The number of ether oxygens (including phenoxy) is 6. The number of hydrogen-bond donors (Lipinski definition) is 0. The second-order valence-corrected chi connectivity index (χ2v) is 18.4. The van der Waals surface area contributed by atoms with Crippen molar-refractivity contribution in [2.75, 3.05) is 13.2 Å². The van der Waals surface area contributed by atoms with Crippen LogP contribution >= 0.6 is 0 Å². The summed E-state index contributed by atoms with van der Waals surface area (Å²) in [6.07, 6.45) is 10.3. The van der Waals surface area contributed by atoms with Crippen molar-refractivity contribution in [1.29, 1.82) is 0 Å². The van der Waals surface area contributed by atoms with Gasteiger partial charge in [-0.2, -0.15) is 0 Å². The molecule has 8 heteroatoms. The average Bonchev–Trinajstić information content (AvgIpc) is 3.79. The maximum absolute atomic E-state index is 12.8. The molecule has 0 radical (unpaired) electrons. The Morgan fingerprint density at radius 3 is 2.37 bits per heavy atom. The molecule has 8 nitrogen and oxygen atoms in total. The molecule has 14 atom stereocenters. The number of hydrogen-bond acceptors (Lipinski definition) is 8. The van der Waals surface area contributed by atoms with E-state index in [0.717, 1.165) is 25.2 Å². The van der Waals surface area contributed by atoms with E-state index < -0.39 is 17.7 Å². The molecule has 0 N–H and O–H groups in total. The molecule has 46 heavy (non-hydrogen) atoms. The van der Waals surface area contributed by atoms with Gasteiger partial charge < -0.3 is 28.4 Å². The van der Waals surface area contributed by atoms with E-state index in [9.17, 15) is 9.59 Å². The smallest absolute Gasteiger partial charge is 0.310 e. The van der Waals surface area contributed by atoms with Gasteiger partial charge in [-0.15, -0.1) is 0 Å². The van der Waals surface area contributed by atoms with E-state index in [1.807, 2.05) is 13.8 Å². The minimum absolute atomic E-state index is 0.0345. The van der Waals surface area contributed by atoms with Crippen LogP contribution in [0.2, 0.25) is 0 Å². The Morgan fingerprint density at radius 1 is 0.870 bits per heavy atom. The summed E-state index contributed by atoms with van der Waals surface area (Å²) in [4.78, 5) is 25.6. The zero-order valence-corrected chi connectivity index (χ0v) is 29.6. The van der Waals surface area contributed by atoms with Crippen LogP contribution in [0, 0.1) is 50.7 Å². The lowest BCUT2D eigenvalue weighted by atomic mass is 9.41. The van der Waals surface area contributed by atoms with Crippen molar-refractivity contribution >= 4 is 11.9 Å².